The van der Waals surface area contributed by atoms with Crippen molar-refractivity contribution in [2.45, 2.75) is 99.0 Å². The molecule has 2 nitrogen and oxygen atoms in total. The maximum Gasteiger partial charge on any atom is 0.306 e. The van der Waals surface area contributed by atoms with Gasteiger partial charge in [0.05, 0.1) is 0 Å². The normalized spacial score (nSPS) is 54.9. The Balaban J connectivity index is 0.00000192. The Morgan fingerprint density at radius 3 is 2.50 bits per heavy atom. The molecule has 4 fully saturated rings. The lowest BCUT2D eigenvalue weighted by Gasteiger charge is -2.63. The second-order valence-electron chi connectivity index (χ2n) is 11.6. The van der Waals surface area contributed by atoms with Gasteiger partial charge in [-0.15, -0.1) is 0 Å². The van der Waals surface area contributed by atoms with Gasteiger partial charge < -0.3 is 4.74 Å². The summed E-state index contributed by atoms with van der Waals surface area (Å²) in [5.74, 6) is 4.58. The molecule has 1 aliphatic heterocycles. The number of fused-ring (bicyclic) bond motifs is 6. The number of hydrogen-bond donors (Lipinski definition) is 0. The van der Waals surface area contributed by atoms with Crippen molar-refractivity contribution in [3.8, 4) is 0 Å². The predicted molar refractivity (Wildman–Crippen MR) is 115 cm³/mol. The van der Waals surface area contributed by atoms with Gasteiger partial charge >= 0.3 is 5.97 Å². The molecule has 2 heteroatoms. The van der Waals surface area contributed by atoms with Crippen LogP contribution in [0.5, 0.6) is 0 Å². The van der Waals surface area contributed by atoms with Crippen LogP contribution in [0.15, 0.2) is 11.6 Å². The number of carbonyl (C=O) groups is 1. The molecule has 28 heavy (non-hydrogen) atoms. The SMILES string of the molecule is C.C[C@H]1CC[C@@]2(C)C(=C[C@H](C)[C@H]3C4CCC5(CCC(=O)O5)[C@@]4(C)C[C@@H](C)[C@@H]32)C1. The number of esters is 1. The van der Waals surface area contributed by atoms with Gasteiger partial charge in [0.15, 0.2) is 0 Å². The number of hydrogen-bond acceptors (Lipinski definition) is 2. The minimum atomic E-state index is -0.153. The second-order valence-corrected chi connectivity index (χ2v) is 11.6. The molecule has 0 bridgehead atoms. The molecule has 2 unspecified atom stereocenters. The lowest BCUT2D eigenvalue weighted by Crippen LogP contribution is -2.58. The number of carbonyl (C=O) groups excluding carboxylic acids is 1. The summed E-state index contributed by atoms with van der Waals surface area (Å²) in [6.45, 7) is 12.6. The van der Waals surface area contributed by atoms with Gasteiger partial charge in [0, 0.05) is 11.8 Å². The maximum atomic E-state index is 12.1. The van der Waals surface area contributed by atoms with Crippen LogP contribution in [0.1, 0.15) is 93.4 Å². The zero-order valence-corrected chi connectivity index (χ0v) is 18.0. The fraction of sp³-hybridized carbons (Fsp3) is 0.885. The second kappa shape index (κ2) is 6.35. The first-order chi connectivity index (χ1) is 12.7. The van der Waals surface area contributed by atoms with Crippen molar-refractivity contribution < 1.29 is 9.53 Å². The van der Waals surface area contributed by atoms with Gasteiger partial charge in [-0.05, 0) is 85.9 Å². The molecule has 4 aliphatic carbocycles. The summed E-state index contributed by atoms with van der Waals surface area (Å²) >= 11 is 0. The fourth-order valence-electron chi connectivity index (χ4n) is 9.14. The predicted octanol–water partition coefficient (Wildman–Crippen LogP) is 6.79. The fourth-order valence-corrected chi connectivity index (χ4v) is 9.14. The number of rotatable bonds is 0. The Morgan fingerprint density at radius 1 is 1.07 bits per heavy atom. The van der Waals surface area contributed by atoms with Crippen molar-refractivity contribution in [3.05, 3.63) is 11.6 Å². The lowest BCUT2D eigenvalue weighted by atomic mass is 9.42. The average molecular weight is 387 g/mol. The van der Waals surface area contributed by atoms with E-state index in [4.69, 9.17) is 4.74 Å². The number of ether oxygens (including phenoxy) is 1. The monoisotopic (exact) mass is 386 g/mol. The molecule has 0 aromatic rings. The molecule has 1 saturated heterocycles. The summed E-state index contributed by atoms with van der Waals surface area (Å²) in [7, 11) is 0. The van der Waals surface area contributed by atoms with Crippen molar-refractivity contribution in [1.82, 2.24) is 0 Å². The van der Waals surface area contributed by atoms with Gasteiger partial charge in [0.25, 0.3) is 0 Å². The molecule has 0 aromatic carbocycles. The van der Waals surface area contributed by atoms with E-state index in [1.165, 1.54) is 32.1 Å². The van der Waals surface area contributed by atoms with Crippen LogP contribution in [0, 0.1) is 46.3 Å². The summed E-state index contributed by atoms with van der Waals surface area (Å²) in [6.07, 6.45) is 12.0. The highest BCUT2D eigenvalue weighted by molar-refractivity contribution is 5.72. The van der Waals surface area contributed by atoms with E-state index in [1.807, 2.05) is 0 Å². The van der Waals surface area contributed by atoms with Crippen LogP contribution in [-0.4, -0.2) is 11.6 Å². The van der Waals surface area contributed by atoms with Crippen molar-refractivity contribution in [2.75, 3.05) is 0 Å². The van der Waals surface area contributed by atoms with E-state index in [2.05, 4.69) is 40.7 Å². The topological polar surface area (TPSA) is 26.3 Å². The summed E-state index contributed by atoms with van der Waals surface area (Å²) in [5.41, 5.74) is 2.22. The van der Waals surface area contributed by atoms with Crippen LogP contribution in [0.2, 0.25) is 0 Å². The largest absolute Gasteiger partial charge is 0.458 e. The van der Waals surface area contributed by atoms with E-state index < -0.39 is 0 Å². The first kappa shape index (κ1) is 20.5. The van der Waals surface area contributed by atoms with Gasteiger partial charge in [-0.1, -0.05) is 53.7 Å². The third-order valence-electron chi connectivity index (χ3n) is 10.3. The van der Waals surface area contributed by atoms with Crippen molar-refractivity contribution in [2.24, 2.45) is 46.3 Å². The van der Waals surface area contributed by atoms with Gasteiger partial charge in [0.2, 0.25) is 0 Å². The Labute approximate surface area is 172 Å². The van der Waals surface area contributed by atoms with Crippen LogP contribution in [0.25, 0.3) is 0 Å². The Morgan fingerprint density at radius 2 is 1.82 bits per heavy atom. The molecule has 0 aromatic heterocycles. The van der Waals surface area contributed by atoms with Crippen LogP contribution in [0.4, 0.5) is 0 Å². The van der Waals surface area contributed by atoms with Crippen LogP contribution < -0.4 is 0 Å². The summed E-state index contributed by atoms with van der Waals surface area (Å²) in [6, 6.07) is 0. The third kappa shape index (κ3) is 2.42. The number of allylic oxidation sites excluding steroid dienone is 2. The van der Waals surface area contributed by atoms with Crippen molar-refractivity contribution in [3.63, 3.8) is 0 Å². The smallest absolute Gasteiger partial charge is 0.306 e. The summed E-state index contributed by atoms with van der Waals surface area (Å²) in [4.78, 5) is 12.1. The molecule has 5 rings (SSSR count). The minimum absolute atomic E-state index is 0. The highest BCUT2D eigenvalue weighted by Gasteiger charge is 2.68. The van der Waals surface area contributed by atoms with E-state index in [-0.39, 0.29) is 24.4 Å². The Kier molecular flexibility index (Phi) is 4.65. The molecule has 1 spiro atoms. The highest BCUT2D eigenvalue weighted by Crippen LogP contribution is 2.71. The van der Waals surface area contributed by atoms with E-state index in [1.54, 1.807) is 5.57 Å². The molecular formula is C26H42O2. The highest BCUT2D eigenvalue weighted by atomic mass is 16.6. The minimum Gasteiger partial charge on any atom is -0.458 e. The standard InChI is InChI=1S/C25H38O2.CH4/c1-15-6-9-23(4)18(12-15)13-16(2)21-19-7-10-25(11-8-20(26)27-25)24(19,5)14-17(3)22(21)23;/h13,15-17,19,21-22H,6-12,14H2,1-5H3;1H4/t15-,16-,17+,19?,21-,22-,23-,24-,25?;/m0./s1. The zero-order valence-electron chi connectivity index (χ0n) is 18.0. The molecule has 9 atom stereocenters. The van der Waals surface area contributed by atoms with Crippen LogP contribution in [-0.2, 0) is 9.53 Å². The van der Waals surface area contributed by atoms with Crippen molar-refractivity contribution >= 4 is 5.97 Å². The van der Waals surface area contributed by atoms with Crippen LogP contribution in [0.3, 0.4) is 0 Å². The third-order valence-corrected chi connectivity index (χ3v) is 10.3. The van der Waals surface area contributed by atoms with E-state index in [0.717, 1.165) is 36.5 Å². The first-order valence-corrected chi connectivity index (χ1v) is 11.6. The molecule has 5 aliphatic rings. The van der Waals surface area contributed by atoms with Gasteiger partial charge in [-0.3, -0.25) is 4.79 Å². The molecule has 1 heterocycles. The molecule has 158 valence electrons. The van der Waals surface area contributed by atoms with Gasteiger partial charge in [0.1, 0.15) is 5.60 Å². The molecule has 0 radical (unpaired) electrons. The van der Waals surface area contributed by atoms with Gasteiger partial charge in [-0.25, -0.2) is 0 Å². The Hall–Kier alpha value is -0.790. The Bertz CT molecular complexity index is 695. The lowest BCUT2D eigenvalue weighted by molar-refractivity contribution is -0.175. The molecular weight excluding hydrogens is 344 g/mol. The quantitative estimate of drug-likeness (QED) is 0.338. The zero-order chi connectivity index (χ0) is 19.2. The average Bonchev–Trinajstić information content (AvgIpc) is 3.10. The maximum absolute atomic E-state index is 12.1. The van der Waals surface area contributed by atoms with Gasteiger partial charge in [-0.2, -0.15) is 0 Å². The van der Waals surface area contributed by atoms with E-state index >= 15 is 0 Å². The first-order valence-electron chi connectivity index (χ1n) is 11.6. The molecule has 3 saturated carbocycles. The van der Waals surface area contributed by atoms with Crippen molar-refractivity contribution in [1.29, 1.82) is 0 Å². The summed E-state index contributed by atoms with van der Waals surface area (Å²) < 4.78 is 6.14. The van der Waals surface area contributed by atoms with Crippen LogP contribution >= 0.6 is 0 Å². The molecule has 0 N–H and O–H groups in total. The molecule has 0 amide bonds. The summed E-state index contributed by atoms with van der Waals surface area (Å²) in [5, 5.41) is 0. The van der Waals surface area contributed by atoms with E-state index in [9.17, 15) is 4.79 Å². The van der Waals surface area contributed by atoms with E-state index in [0.29, 0.717) is 23.7 Å².